The molecule has 5 heteroatoms. The number of carbonyl (C=O) groups excluding carboxylic acids is 1. The van der Waals surface area contributed by atoms with Gasteiger partial charge in [0.15, 0.2) is 17.2 Å². The zero-order valence-corrected chi connectivity index (χ0v) is 11.4. The maximum Gasteiger partial charge on any atom is 0.239 e. The van der Waals surface area contributed by atoms with Crippen molar-refractivity contribution < 1.29 is 13.6 Å². The summed E-state index contributed by atoms with van der Waals surface area (Å²) < 4.78 is 18.8. The zero-order chi connectivity index (χ0) is 13.6. The molecule has 3 aromatic rings. The van der Waals surface area contributed by atoms with Gasteiger partial charge in [0.2, 0.25) is 5.78 Å². The van der Waals surface area contributed by atoms with Gasteiger partial charge in [-0.1, -0.05) is 23.7 Å². The average molecular weight is 295 g/mol. The van der Waals surface area contributed by atoms with Crippen molar-refractivity contribution in [3.05, 3.63) is 56.7 Å². The number of furan rings is 1. The predicted octanol–water partition coefficient (Wildman–Crippen LogP) is 4.83. The summed E-state index contributed by atoms with van der Waals surface area (Å²) in [7, 11) is 0. The molecule has 0 aliphatic rings. The summed E-state index contributed by atoms with van der Waals surface area (Å²) in [5.41, 5.74) is 0.938. The van der Waals surface area contributed by atoms with Crippen LogP contribution in [0.1, 0.15) is 21.0 Å². The number of thiophene rings is 1. The van der Waals surface area contributed by atoms with Crippen molar-refractivity contribution >= 4 is 39.7 Å². The van der Waals surface area contributed by atoms with Crippen molar-refractivity contribution in [1.82, 2.24) is 0 Å². The van der Waals surface area contributed by atoms with Gasteiger partial charge >= 0.3 is 0 Å². The number of benzene rings is 1. The lowest BCUT2D eigenvalue weighted by Crippen LogP contribution is -1.96. The third-order valence-electron chi connectivity index (χ3n) is 2.83. The Labute approximate surface area is 117 Å². The quantitative estimate of drug-likeness (QED) is 0.634. The van der Waals surface area contributed by atoms with Crippen molar-refractivity contribution in [1.29, 1.82) is 0 Å². The average Bonchev–Trinajstić information content (AvgIpc) is 2.95. The fourth-order valence-corrected chi connectivity index (χ4v) is 3.06. The number of ketones is 1. The van der Waals surface area contributed by atoms with Crippen LogP contribution in [0.5, 0.6) is 0 Å². The Morgan fingerprint density at radius 1 is 1.42 bits per heavy atom. The minimum Gasteiger partial charge on any atom is -0.449 e. The van der Waals surface area contributed by atoms with E-state index in [-0.39, 0.29) is 17.1 Å². The predicted molar refractivity (Wildman–Crippen MR) is 73.7 cm³/mol. The molecule has 0 bridgehead atoms. The number of carbonyl (C=O) groups is 1. The molecular formula is C14H8ClFO2S. The van der Waals surface area contributed by atoms with Crippen LogP contribution in [0.3, 0.4) is 0 Å². The largest absolute Gasteiger partial charge is 0.449 e. The number of rotatable bonds is 2. The van der Waals surface area contributed by atoms with Crippen molar-refractivity contribution in [2.75, 3.05) is 0 Å². The van der Waals surface area contributed by atoms with Crippen LogP contribution < -0.4 is 0 Å². The van der Waals surface area contributed by atoms with Crippen molar-refractivity contribution in [3.63, 3.8) is 0 Å². The highest BCUT2D eigenvalue weighted by Crippen LogP contribution is 2.31. The van der Waals surface area contributed by atoms with Crippen LogP contribution in [-0.4, -0.2) is 5.78 Å². The van der Waals surface area contributed by atoms with E-state index in [1.165, 1.54) is 23.5 Å². The van der Waals surface area contributed by atoms with Gasteiger partial charge in [-0.3, -0.25) is 4.79 Å². The SMILES string of the molecule is Cc1csc(C(=O)c2cc3cccc(F)c3o2)c1Cl. The summed E-state index contributed by atoms with van der Waals surface area (Å²) >= 11 is 7.32. The molecule has 0 radical (unpaired) electrons. The smallest absolute Gasteiger partial charge is 0.239 e. The highest BCUT2D eigenvalue weighted by Gasteiger charge is 2.21. The molecule has 0 atom stereocenters. The van der Waals surface area contributed by atoms with Crippen LogP contribution in [0, 0.1) is 12.7 Å². The highest BCUT2D eigenvalue weighted by atomic mass is 35.5. The summed E-state index contributed by atoms with van der Waals surface area (Å²) in [4.78, 5) is 12.7. The Morgan fingerprint density at radius 3 is 2.84 bits per heavy atom. The molecule has 2 aromatic heterocycles. The summed E-state index contributed by atoms with van der Waals surface area (Å²) in [5.74, 6) is -0.701. The van der Waals surface area contributed by atoms with E-state index in [1.807, 2.05) is 6.92 Å². The second kappa shape index (κ2) is 4.47. The summed E-state index contributed by atoms with van der Waals surface area (Å²) in [5, 5.41) is 2.79. The molecule has 0 saturated carbocycles. The maximum absolute atomic E-state index is 13.5. The van der Waals surface area contributed by atoms with Crippen LogP contribution in [0.4, 0.5) is 4.39 Å². The molecule has 0 unspecified atom stereocenters. The topological polar surface area (TPSA) is 30.2 Å². The van der Waals surface area contributed by atoms with Gasteiger partial charge in [0.05, 0.1) is 9.90 Å². The molecule has 3 rings (SSSR count). The standard InChI is InChI=1S/C14H8ClFO2S/c1-7-6-19-14(11(7)15)12(17)10-5-8-3-2-4-9(16)13(8)18-10/h2-6H,1H3. The third kappa shape index (κ3) is 1.97. The van der Waals surface area contributed by atoms with Gasteiger partial charge in [-0.05, 0) is 30.0 Å². The molecule has 96 valence electrons. The lowest BCUT2D eigenvalue weighted by Gasteiger charge is -1.94. The van der Waals surface area contributed by atoms with E-state index in [0.717, 1.165) is 5.56 Å². The van der Waals surface area contributed by atoms with Crippen LogP contribution in [0.15, 0.2) is 34.1 Å². The fourth-order valence-electron chi connectivity index (χ4n) is 1.83. The number of hydrogen-bond donors (Lipinski definition) is 0. The molecule has 0 fully saturated rings. The Bertz CT molecular complexity index is 788. The Morgan fingerprint density at radius 2 is 2.21 bits per heavy atom. The second-order valence-electron chi connectivity index (χ2n) is 4.16. The van der Waals surface area contributed by atoms with Crippen LogP contribution >= 0.6 is 22.9 Å². The molecule has 0 spiro atoms. The van der Waals surface area contributed by atoms with Crippen LogP contribution in [-0.2, 0) is 0 Å². The minimum absolute atomic E-state index is 0.0928. The number of fused-ring (bicyclic) bond motifs is 1. The Balaban J connectivity index is 2.12. The lowest BCUT2D eigenvalue weighted by molar-refractivity contribution is 0.101. The normalized spacial score (nSPS) is 11.1. The maximum atomic E-state index is 13.5. The van der Waals surface area contributed by atoms with Gasteiger partial charge in [0.1, 0.15) is 0 Å². The van der Waals surface area contributed by atoms with Crippen LogP contribution in [0.25, 0.3) is 11.0 Å². The summed E-state index contributed by atoms with van der Waals surface area (Å²) in [6.07, 6.45) is 0. The molecule has 2 nitrogen and oxygen atoms in total. The van der Waals surface area contributed by atoms with Gasteiger partial charge in [-0.25, -0.2) is 4.39 Å². The fraction of sp³-hybridized carbons (Fsp3) is 0.0714. The number of aryl methyl sites for hydroxylation is 1. The summed E-state index contributed by atoms with van der Waals surface area (Å²) in [6.45, 7) is 1.83. The van der Waals surface area contributed by atoms with Gasteiger partial charge in [0, 0.05) is 5.39 Å². The monoisotopic (exact) mass is 294 g/mol. The van der Waals surface area contributed by atoms with Gasteiger partial charge in [0.25, 0.3) is 0 Å². The molecule has 0 amide bonds. The van der Waals surface area contributed by atoms with Gasteiger partial charge in [-0.15, -0.1) is 11.3 Å². The first-order valence-corrected chi connectivity index (χ1v) is 6.80. The van der Waals surface area contributed by atoms with E-state index >= 15 is 0 Å². The van der Waals surface area contributed by atoms with E-state index in [1.54, 1.807) is 17.5 Å². The van der Waals surface area contributed by atoms with E-state index in [9.17, 15) is 9.18 Å². The number of para-hydroxylation sites is 1. The van der Waals surface area contributed by atoms with Crippen molar-refractivity contribution in [2.24, 2.45) is 0 Å². The molecule has 0 saturated heterocycles. The second-order valence-corrected chi connectivity index (χ2v) is 5.42. The Kier molecular flexibility index (Phi) is 2.92. The molecular weight excluding hydrogens is 287 g/mol. The lowest BCUT2D eigenvalue weighted by atomic mass is 10.2. The Hall–Kier alpha value is -1.65. The minimum atomic E-state index is -0.481. The molecule has 0 aliphatic carbocycles. The third-order valence-corrected chi connectivity index (χ3v) is 4.52. The van der Waals surface area contributed by atoms with E-state index < -0.39 is 5.82 Å². The van der Waals surface area contributed by atoms with Crippen molar-refractivity contribution in [2.45, 2.75) is 6.92 Å². The van der Waals surface area contributed by atoms with E-state index in [4.69, 9.17) is 16.0 Å². The molecule has 1 aromatic carbocycles. The van der Waals surface area contributed by atoms with E-state index in [0.29, 0.717) is 15.3 Å². The van der Waals surface area contributed by atoms with Crippen molar-refractivity contribution in [3.8, 4) is 0 Å². The first-order valence-electron chi connectivity index (χ1n) is 5.54. The molecule has 0 N–H and O–H groups in total. The molecule has 19 heavy (non-hydrogen) atoms. The zero-order valence-electron chi connectivity index (χ0n) is 9.87. The van der Waals surface area contributed by atoms with Gasteiger partial charge < -0.3 is 4.42 Å². The highest BCUT2D eigenvalue weighted by molar-refractivity contribution is 7.13. The first kappa shape index (κ1) is 12.4. The summed E-state index contributed by atoms with van der Waals surface area (Å²) in [6, 6.07) is 6.10. The molecule has 2 heterocycles. The molecule has 0 aliphatic heterocycles. The van der Waals surface area contributed by atoms with Gasteiger partial charge in [-0.2, -0.15) is 0 Å². The number of halogens is 2. The first-order chi connectivity index (χ1) is 9.08. The number of hydrogen-bond acceptors (Lipinski definition) is 3. The van der Waals surface area contributed by atoms with Crippen LogP contribution in [0.2, 0.25) is 5.02 Å². The van der Waals surface area contributed by atoms with E-state index in [2.05, 4.69) is 0 Å².